The van der Waals surface area contributed by atoms with Crippen LogP contribution in [0.5, 0.6) is 5.75 Å². The lowest BCUT2D eigenvalue weighted by molar-refractivity contribution is 0.102. The largest absolute Gasteiger partial charge is 0.497 e. The number of hydrogen-bond donors (Lipinski definition) is 0. The number of hydrogen-bond acceptors (Lipinski definition) is 4. The van der Waals surface area contributed by atoms with Crippen molar-refractivity contribution < 1.29 is 9.47 Å². The van der Waals surface area contributed by atoms with Crippen LogP contribution >= 0.6 is 0 Å². The van der Waals surface area contributed by atoms with Crippen molar-refractivity contribution in [1.82, 2.24) is 9.55 Å². The van der Waals surface area contributed by atoms with Gasteiger partial charge in [0.25, 0.3) is 5.56 Å². The van der Waals surface area contributed by atoms with E-state index < -0.39 is 0 Å². The Bertz CT molecular complexity index is 690. The molecule has 1 fully saturated rings. The highest BCUT2D eigenvalue weighted by atomic mass is 16.5. The predicted octanol–water partition coefficient (Wildman–Crippen LogP) is 2.75. The summed E-state index contributed by atoms with van der Waals surface area (Å²) < 4.78 is 12.5. The van der Waals surface area contributed by atoms with Crippen LogP contribution in [0.1, 0.15) is 32.1 Å². The van der Waals surface area contributed by atoms with Crippen LogP contribution in [0.15, 0.2) is 29.3 Å². The lowest BCUT2D eigenvalue weighted by atomic mass is 10.1. The number of nitrogens with zero attached hydrogens (tertiary/aromatic N) is 2. The summed E-state index contributed by atoms with van der Waals surface area (Å²) in [5.74, 6) is 0.683. The quantitative estimate of drug-likeness (QED) is 0.770. The molecule has 0 amide bonds. The summed E-state index contributed by atoms with van der Waals surface area (Å²) in [5, 5.41) is 0.612. The molecule has 1 aliphatic heterocycles. The van der Waals surface area contributed by atoms with Gasteiger partial charge in [-0.2, -0.15) is 0 Å². The van der Waals surface area contributed by atoms with E-state index in [2.05, 4.69) is 4.98 Å². The molecule has 1 aromatic heterocycles. The Hall–Kier alpha value is -1.88. The first-order chi connectivity index (χ1) is 10.8. The Labute approximate surface area is 129 Å². The Morgan fingerprint density at radius 3 is 3.09 bits per heavy atom. The third-order valence-electron chi connectivity index (χ3n) is 4.23. The molecule has 1 atom stereocenters. The van der Waals surface area contributed by atoms with Gasteiger partial charge >= 0.3 is 0 Å². The lowest BCUT2D eigenvalue weighted by Gasteiger charge is -2.10. The Balaban J connectivity index is 1.65. The van der Waals surface area contributed by atoms with Gasteiger partial charge in [0.05, 0.1) is 30.4 Å². The molecule has 5 heteroatoms. The fourth-order valence-electron chi connectivity index (χ4n) is 2.95. The fourth-order valence-corrected chi connectivity index (χ4v) is 2.95. The highest BCUT2D eigenvalue weighted by Crippen LogP contribution is 2.18. The highest BCUT2D eigenvalue weighted by molar-refractivity contribution is 5.78. The second-order valence-corrected chi connectivity index (χ2v) is 5.76. The molecule has 5 nitrogen and oxygen atoms in total. The maximum absolute atomic E-state index is 12.5. The van der Waals surface area contributed by atoms with Crippen molar-refractivity contribution in [2.24, 2.45) is 0 Å². The number of unbranched alkanes of at least 4 members (excludes halogenated alkanes) is 1. The molecule has 2 aromatic rings. The molecule has 3 rings (SSSR count). The van der Waals surface area contributed by atoms with E-state index in [0.29, 0.717) is 29.3 Å². The van der Waals surface area contributed by atoms with Crippen molar-refractivity contribution in [2.75, 3.05) is 13.7 Å². The van der Waals surface area contributed by atoms with Gasteiger partial charge in [0.1, 0.15) is 5.75 Å². The van der Waals surface area contributed by atoms with Crippen molar-refractivity contribution in [3.8, 4) is 5.75 Å². The summed E-state index contributed by atoms with van der Waals surface area (Å²) in [6.07, 6.45) is 7.56. The minimum Gasteiger partial charge on any atom is -0.497 e. The zero-order valence-electron chi connectivity index (χ0n) is 13.0. The average Bonchev–Trinajstić information content (AvgIpc) is 3.06. The summed E-state index contributed by atoms with van der Waals surface area (Å²) in [6.45, 7) is 1.60. The van der Waals surface area contributed by atoms with Crippen molar-refractivity contribution in [3.63, 3.8) is 0 Å². The van der Waals surface area contributed by atoms with Crippen molar-refractivity contribution in [3.05, 3.63) is 34.9 Å². The Morgan fingerprint density at radius 2 is 2.32 bits per heavy atom. The van der Waals surface area contributed by atoms with E-state index in [1.54, 1.807) is 24.1 Å². The molecule has 0 radical (unpaired) electrons. The van der Waals surface area contributed by atoms with Crippen LogP contribution in [0.25, 0.3) is 10.9 Å². The molecule has 1 unspecified atom stereocenters. The van der Waals surface area contributed by atoms with E-state index in [1.807, 2.05) is 12.1 Å². The number of aryl methyl sites for hydroxylation is 1. The van der Waals surface area contributed by atoms with Gasteiger partial charge in [-0.15, -0.1) is 0 Å². The molecule has 22 heavy (non-hydrogen) atoms. The Morgan fingerprint density at radius 1 is 1.41 bits per heavy atom. The van der Waals surface area contributed by atoms with E-state index in [0.717, 1.165) is 25.9 Å². The normalized spacial score (nSPS) is 18.0. The molecular weight excluding hydrogens is 280 g/mol. The molecule has 0 bridgehead atoms. The molecule has 2 heterocycles. The fraction of sp³-hybridized carbons (Fsp3) is 0.529. The predicted molar refractivity (Wildman–Crippen MR) is 85.4 cm³/mol. The first-order valence-electron chi connectivity index (χ1n) is 7.93. The van der Waals surface area contributed by atoms with Gasteiger partial charge in [-0.25, -0.2) is 4.98 Å². The minimum atomic E-state index is 0.000941. The van der Waals surface area contributed by atoms with Crippen molar-refractivity contribution in [2.45, 2.75) is 44.8 Å². The maximum Gasteiger partial charge on any atom is 0.261 e. The van der Waals surface area contributed by atoms with Crippen LogP contribution in [0.3, 0.4) is 0 Å². The minimum absolute atomic E-state index is 0.000941. The molecule has 0 N–H and O–H groups in total. The summed E-state index contributed by atoms with van der Waals surface area (Å²) in [7, 11) is 1.60. The molecule has 1 aromatic carbocycles. The van der Waals surface area contributed by atoms with Crippen LogP contribution in [0, 0.1) is 0 Å². The molecule has 118 valence electrons. The second-order valence-electron chi connectivity index (χ2n) is 5.76. The summed E-state index contributed by atoms with van der Waals surface area (Å²) in [4.78, 5) is 16.8. The summed E-state index contributed by atoms with van der Waals surface area (Å²) >= 11 is 0. The molecule has 0 saturated carbocycles. The van der Waals surface area contributed by atoms with Crippen LogP contribution in [0.4, 0.5) is 0 Å². The molecule has 1 saturated heterocycles. The SMILES string of the molecule is COc1ccc2ncn(CCCCC3CCCO3)c(=O)c2c1. The topological polar surface area (TPSA) is 53.4 Å². The van der Waals surface area contributed by atoms with Gasteiger partial charge in [0, 0.05) is 13.2 Å². The number of rotatable bonds is 6. The van der Waals surface area contributed by atoms with E-state index in [1.165, 1.54) is 12.8 Å². The van der Waals surface area contributed by atoms with Crippen LogP contribution in [-0.2, 0) is 11.3 Å². The smallest absolute Gasteiger partial charge is 0.261 e. The molecular formula is C17H22N2O3. The highest BCUT2D eigenvalue weighted by Gasteiger charge is 2.14. The number of ether oxygens (including phenoxy) is 2. The third-order valence-corrected chi connectivity index (χ3v) is 4.23. The van der Waals surface area contributed by atoms with Gasteiger partial charge < -0.3 is 9.47 Å². The Kier molecular flexibility index (Phi) is 4.73. The van der Waals surface area contributed by atoms with E-state index >= 15 is 0 Å². The standard InChI is InChI=1S/C17H22N2O3/c1-21-14-7-8-16-15(11-14)17(20)19(12-18-16)9-3-2-5-13-6-4-10-22-13/h7-8,11-13H,2-6,9-10H2,1H3. The molecule has 0 aliphatic carbocycles. The van der Waals surface area contributed by atoms with Gasteiger partial charge in [-0.05, 0) is 50.3 Å². The van der Waals surface area contributed by atoms with Gasteiger partial charge in [-0.1, -0.05) is 0 Å². The number of methoxy groups -OCH3 is 1. The van der Waals surface area contributed by atoms with E-state index in [4.69, 9.17) is 9.47 Å². The van der Waals surface area contributed by atoms with Gasteiger partial charge in [0.15, 0.2) is 0 Å². The summed E-state index contributed by atoms with van der Waals surface area (Å²) in [6, 6.07) is 5.39. The van der Waals surface area contributed by atoms with Crippen LogP contribution < -0.4 is 10.3 Å². The number of aromatic nitrogens is 2. The first-order valence-corrected chi connectivity index (χ1v) is 7.93. The monoisotopic (exact) mass is 302 g/mol. The van der Waals surface area contributed by atoms with Crippen LogP contribution in [-0.4, -0.2) is 29.4 Å². The number of benzene rings is 1. The van der Waals surface area contributed by atoms with E-state index in [9.17, 15) is 4.79 Å². The third kappa shape index (κ3) is 3.30. The average molecular weight is 302 g/mol. The van der Waals surface area contributed by atoms with Gasteiger partial charge in [-0.3, -0.25) is 9.36 Å². The maximum atomic E-state index is 12.5. The summed E-state index contributed by atoms with van der Waals surface area (Å²) in [5.41, 5.74) is 0.711. The zero-order chi connectivity index (χ0) is 15.4. The second kappa shape index (κ2) is 6.92. The van der Waals surface area contributed by atoms with Crippen molar-refractivity contribution in [1.29, 1.82) is 0 Å². The number of fused-ring (bicyclic) bond motifs is 1. The molecule has 0 spiro atoms. The van der Waals surface area contributed by atoms with Crippen LogP contribution in [0.2, 0.25) is 0 Å². The first kappa shape index (κ1) is 15.0. The lowest BCUT2D eigenvalue weighted by Crippen LogP contribution is -2.21. The van der Waals surface area contributed by atoms with Gasteiger partial charge in [0.2, 0.25) is 0 Å². The van der Waals surface area contributed by atoms with Crippen molar-refractivity contribution >= 4 is 10.9 Å². The van der Waals surface area contributed by atoms with E-state index in [-0.39, 0.29) is 5.56 Å². The molecule has 1 aliphatic rings. The zero-order valence-corrected chi connectivity index (χ0v) is 13.0.